The van der Waals surface area contributed by atoms with Gasteiger partial charge in [-0.25, -0.2) is 4.39 Å². The van der Waals surface area contributed by atoms with Gasteiger partial charge in [0.15, 0.2) is 0 Å². The van der Waals surface area contributed by atoms with Crippen molar-refractivity contribution in [3.63, 3.8) is 0 Å². The summed E-state index contributed by atoms with van der Waals surface area (Å²) >= 11 is 0. The molecule has 3 rings (SSSR count). The van der Waals surface area contributed by atoms with E-state index in [1.165, 1.54) is 6.07 Å². The van der Waals surface area contributed by atoms with Gasteiger partial charge in [-0.05, 0) is 25.0 Å². The van der Waals surface area contributed by atoms with Crippen LogP contribution in [0.1, 0.15) is 34.5 Å². The third-order valence-electron chi connectivity index (χ3n) is 4.45. The van der Waals surface area contributed by atoms with Crippen molar-refractivity contribution in [2.45, 2.75) is 25.6 Å². The maximum atomic E-state index is 13.7. The SMILES string of the molecule is Cn1cc(C#N)cc1C(=O)N1CCC[C@H](OCc2ccccc2F)C1. The molecule has 1 atom stereocenters. The lowest BCUT2D eigenvalue weighted by Crippen LogP contribution is -2.43. The molecule has 1 aliphatic rings. The number of aryl methyl sites for hydroxylation is 1. The Morgan fingerprint density at radius 2 is 2.24 bits per heavy atom. The number of hydrogen-bond acceptors (Lipinski definition) is 3. The van der Waals surface area contributed by atoms with E-state index in [2.05, 4.69) is 0 Å². The smallest absolute Gasteiger partial charge is 0.270 e. The number of nitrogens with zero attached hydrogens (tertiary/aromatic N) is 3. The molecule has 0 N–H and O–H groups in total. The van der Waals surface area contributed by atoms with Crippen molar-refractivity contribution in [3.05, 3.63) is 59.2 Å². The molecule has 130 valence electrons. The maximum absolute atomic E-state index is 13.7. The topological polar surface area (TPSA) is 58.3 Å². The number of carbonyl (C=O) groups excluding carboxylic acids is 1. The van der Waals surface area contributed by atoms with Gasteiger partial charge in [0.1, 0.15) is 17.6 Å². The third-order valence-corrected chi connectivity index (χ3v) is 4.45. The highest BCUT2D eigenvalue weighted by molar-refractivity contribution is 5.93. The number of likely N-dealkylation sites (tertiary alicyclic amines) is 1. The second kappa shape index (κ2) is 7.49. The lowest BCUT2D eigenvalue weighted by molar-refractivity contribution is -0.00787. The first-order valence-electron chi connectivity index (χ1n) is 8.29. The molecule has 1 aromatic heterocycles. The fraction of sp³-hybridized carbons (Fsp3) is 0.368. The first kappa shape index (κ1) is 17.2. The fourth-order valence-electron chi connectivity index (χ4n) is 3.08. The number of amides is 1. The van der Waals surface area contributed by atoms with Crippen LogP contribution in [-0.2, 0) is 18.4 Å². The Kier molecular flexibility index (Phi) is 5.15. The number of rotatable bonds is 4. The molecular formula is C19H20FN3O2. The Labute approximate surface area is 146 Å². The zero-order valence-electron chi connectivity index (χ0n) is 14.1. The third kappa shape index (κ3) is 3.89. The summed E-state index contributed by atoms with van der Waals surface area (Å²) in [6, 6.07) is 10.2. The number of piperidine rings is 1. The van der Waals surface area contributed by atoms with Gasteiger partial charge >= 0.3 is 0 Å². The second-order valence-electron chi connectivity index (χ2n) is 6.25. The summed E-state index contributed by atoms with van der Waals surface area (Å²) in [5.74, 6) is -0.387. The quantitative estimate of drug-likeness (QED) is 0.859. The van der Waals surface area contributed by atoms with Crippen molar-refractivity contribution in [1.29, 1.82) is 5.26 Å². The number of carbonyl (C=O) groups is 1. The molecule has 0 bridgehead atoms. The van der Waals surface area contributed by atoms with Crippen LogP contribution >= 0.6 is 0 Å². The molecule has 6 heteroatoms. The van der Waals surface area contributed by atoms with Crippen LogP contribution in [0, 0.1) is 17.1 Å². The Hall–Kier alpha value is -2.65. The van der Waals surface area contributed by atoms with Crippen molar-refractivity contribution in [2.75, 3.05) is 13.1 Å². The number of aromatic nitrogens is 1. The van der Waals surface area contributed by atoms with Gasteiger partial charge in [0.25, 0.3) is 5.91 Å². The van der Waals surface area contributed by atoms with Gasteiger partial charge in [-0.15, -0.1) is 0 Å². The average Bonchev–Trinajstić information content (AvgIpc) is 3.01. The maximum Gasteiger partial charge on any atom is 0.270 e. The van der Waals surface area contributed by atoms with Crippen molar-refractivity contribution in [1.82, 2.24) is 9.47 Å². The van der Waals surface area contributed by atoms with Crippen LogP contribution in [-0.4, -0.2) is 34.6 Å². The Morgan fingerprint density at radius 1 is 1.44 bits per heavy atom. The molecule has 5 nitrogen and oxygen atoms in total. The van der Waals surface area contributed by atoms with Crippen LogP contribution in [0.2, 0.25) is 0 Å². The predicted molar refractivity (Wildman–Crippen MR) is 90.2 cm³/mol. The highest BCUT2D eigenvalue weighted by Gasteiger charge is 2.26. The largest absolute Gasteiger partial charge is 0.372 e. The first-order chi connectivity index (χ1) is 12.1. The molecule has 1 aliphatic heterocycles. The molecule has 0 spiro atoms. The molecule has 1 fully saturated rings. The molecule has 0 saturated carbocycles. The van der Waals surface area contributed by atoms with Gasteiger partial charge < -0.3 is 14.2 Å². The highest BCUT2D eigenvalue weighted by atomic mass is 19.1. The van der Waals surface area contributed by atoms with E-state index in [4.69, 9.17) is 10.00 Å². The minimum Gasteiger partial charge on any atom is -0.372 e. The number of ether oxygens (including phenoxy) is 1. The molecule has 25 heavy (non-hydrogen) atoms. The van der Waals surface area contributed by atoms with E-state index >= 15 is 0 Å². The minimum absolute atomic E-state index is 0.108. The van der Waals surface area contributed by atoms with E-state index in [0.29, 0.717) is 29.9 Å². The summed E-state index contributed by atoms with van der Waals surface area (Å²) in [6.45, 7) is 1.33. The summed E-state index contributed by atoms with van der Waals surface area (Å²) in [5.41, 5.74) is 1.48. The molecule has 1 saturated heterocycles. The van der Waals surface area contributed by atoms with E-state index < -0.39 is 0 Å². The Morgan fingerprint density at radius 3 is 2.96 bits per heavy atom. The van der Waals surface area contributed by atoms with Crippen LogP contribution in [0.3, 0.4) is 0 Å². The Balaban J connectivity index is 1.63. The van der Waals surface area contributed by atoms with Crippen molar-refractivity contribution in [3.8, 4) is 6.07 Å². The number of nitriles is 1. The van der Waals surface area contributed by atoms with E-state index in [1.54, 1.807) is 47.0 Å². The van der Waals surface area contributed by atoms with Gasteiger partial charge in [-0.1, -0.05) is 18.2 Å². The Bertz CT molecular complexity index is 809. The second-order valence-corrected chi connectivity index (χ2v) is 6.25. The number of benzene rings is 1. The number of halogens is 1. The van der Waals surface area contributed by atoms with Crippen molar-refractivity contribution >= 4 is 5.91 Å². The number of hydrogen-bond donors (Lipinski definition) is 0. The van der Waals surface area contributed by atoms with Crippen LogP contribution in [0.25, 0.3) is 0 Å². The summed E-state index contributed by atoms with van der Waals surface area (Å²) in [4.78, 5) is 14.4. The van der Waals surface area contributed by atoms with E-state index in [9.17, 15) is 9.18 Å². The van der Waals surface area contributed by atoms with Crippen molar-refractivity contribution in [2.24, 2.45) is 7.05 Å². The lowest BCUT2D eigenvalue weighted by Gasteiger charge is -2.32. The summed E-state index contributed by atoms with van der Waals surface area (Å²) in [5, 5.41) is 8.97. The summed E-state index contributed by atoms with van der Waals surface area (Å²) in [6.07, 6.45) is 3.20. The van der Waals surface area contributed by atoms with E-state index in [1.807, 2.05) is 6.07 Å². The lowest BCUT2D eigenvalue weighted by atomic mass is 10.1. The summed E-state index contributed by atoms with van der Waals surface area (Å²) in [7, 11) is 1.75. The predicted octanol–water partition coefficient (Wildman–Crippen LogP) is 2.86. The molecule has 0 aliphatic carbocycles. The average molecular weight is 341 g/mol. The molecular weight excluding hydrogens is 321 g/mol. The van der Waals surface area contributed by atoms with Crippen LogP contribution in [0.4, 0.5) is 4.39 Å². The molecule has 0 unspecified atom stereocenters. The standard InChI is InChI=1S/C19H20FN3O2/c1-22-11-14(10-21)9-18(22)19(24)23-8-4-6-16(12-23)25-13-15-5-2-3-7-17(15)20/h2-3,5,7,9,11,16H,4,6,8,12-13H2,1H3/t16-/m0/s1. The van der Waals surface area contributed by atoms with Crippen molar-refractivity contribution < 1.29 is 13.9 Å². The van der Waals surface area contributed by atoms with Gasteiger partial charge in [-0.2, -0.15) is 5.26 Å². The molecule has 0 radical (unpaired) electrons. The minimum atomic E-state index is -0.279. The van der Waals surface area contributed by atoms with E-state index in [0.717, 1.165) is 12.8 Å². The molecule has 1 amide bonds. The highest BCUT2D eigenvalue weighted by Crippen LogP contribution is 2.19. The summed E-state index contributed by atoms with van der Waals surface area (Å²) < 4.78 is 21.2. The zero-order valence-corrected chi connectivity index (χ0v) is 14.1. The van der Waals surface area contributed by atoms with Gasteiger partial charge in [0.05, 0.1) is 18.3 Å². The van der Waals surface area contributed by atoms with Crippen LogP contribution in [0.5, 0.6) is 0 Å². The van der Waals surface area contributed by atoms with Crippen LogP contribution in [0.15, 0.2) is 36.5 Å². The molecule has 2 heterocycles. The van der Waals surface area contributed by atoms with Gasteiger partial charge in [0, 0.05) is 31.9 Å². The zero-order chi connectivity index (χ0) is 17.8. The normalized spacial score (nSPS) is 17.3. The van der Waals surface area contributed by atoms with Gasteiger partial charge in [-0.3, -0.25) is 4.79 Å². The first-order valence-corrected chi connectivity index (χ1v) is 8.29. The van der Waals surface area contributed by atoms with Gasteiger partial charge in [0.2, 0.25) is 0 Å². The molecule has 2 aromatic rings. The fourth-order valence-corrected chi connectivity index (χ4v) is 3.08. The molecule has 1 aromatic carbocycles. The van der Waals surface area contributed by atoms with E-state index in [-0.39, 0.29) is 24.4 Å². The van der Waals surface area contributed by atoms with Crippen LogP contribution < -0.4 is 0 Å². The monoisotopic (exact) mass is 341 g/mol.